The zero-order valence-corrected chi connectivity index (χ0v) is 12.9. The van der Waals surface area contributed by atoms with E-state index < -0.39 is 0 Å². The Balaban J connectivity index is 2.23. The Bertz CT molecular complexity index is 887. The lowest BCUT2D eigenvalue weighted by atomic mass is 10.1. The highest BCUT2D eigenvalue weighted by atomic mass is 16.5. The quantitative estimate of drug-likeness (QED) is 0.806. The Morgan fingerprint density at radius 2 is 1.68 bits per heavy atom. The molecule has 22 heavy (non-hydrogen) atoms. The predicted molar refractivity (Wildman–Crippen MR) is 83.8 cm³/mol. The molecule has 3 rings (SSSR count). The highest BCUT2D eigenvalue weighted by molar-refractivity contribution is 5.67. The summed E-state index contributed by atoms with van der Waals surface area (Å²) < 4.78 is 12.0. The maximum absolute atomic E-state index is 12.3. The first-order valence-corrected chi connectivity index (χ1v) is 6.86. The summed E-state index contributed by atoms with van der Waals surface area (Å²) >= 11 is 0. The van der Waals surface area contributed by atoms with Crippen molar-refractivity contribution in [2.75, 3.05) is 14.2 Å². The molecule has 3 aromatic rings. The van der Waals surface area contributed by atoms with Gasteiger partial charge in [0.2, 0.25) is 0 Å². The first-order chi connectivity index (χ1) is 10.5. The van der Waals surface area contributed by atoms with Gasteiger partial charge in [-0.3, -0.25) is 9.89 Å². The summed E-state index contributed by atoms with van der Waals surface area (Å²) in [5, 5.41) is 3.08. The van der Waals surface area contributed by atoms with E-state index in [4.69, 9.17) is 9.47 Å². The molecule has 0 fully saturated rings. The summed E-state index contributed by atoms with van der Waals surface area (Å²) in [6.07, 6.45) is 0. The van der Waals surface area contributed by atoms with Gasteiger partial charge in [-0.1, -0.05) is 0 Å². The maximum atomic E-state index is 12.3. The summed E-state index contributed by atoms with van der Waals surface area (Å²) in [5.74, 6) is 1.36. The van der Waals surface area contributed by atoms with Gasteiger partial charge in [0.1, 0.15) is 11.5 Å². The monoisotopic (exact) mass is 299 g/mol. The third kappa shape index (κ3) is 2.22. The minimum absolute atomic E-state index is 0.0939. The SMILES string of the molecule is COc1cc(OC)cc(-c2cc3nc(C)c(C)c(=O)n3[nH]2)c1. The number of H-pyrrole nitrogens is 1. The van der Waals surface area contributed by atoms with E-state index in [-0.39, 0.29) is 5.56 Å². The van der Waals surface area contributed by atoms with Gasteiger partial charge in [0.05, 0.1) is 19.9 Å². The summed E-state index contributed by atoms with van der Waals surface area (Å²) in [5.41, 5.74) is 3.49. The van der Waals surface area contributed by atoms with Crippen molar-refractivity contribution in [3.05, 3.63) is 45.9 Å². The molecule has 2 aromatic heterocycles. The molecule has 0 spiro atoms. The number of hydrogen-bond donors (Lipinski definition) is 1. The highest BCUT2D eigenvalue weighted by Crippen LogP contribution is 2.29. The zero-order chi connectivity index (χ0) is 15.9. The third-order valence-corrected chi connectivity index (χ3v) is 3.75. The van der Waals surface area contributed by atoms with Gasteiger partial charge in [-0.05, 0) is 26.0 Å². The number of nitrogens with one attached hydrogen (secondary N) is 1. The second-order valence-corrected chi connectivity index (χ2v) is 5.09. The van der Waals surface area contributed by atoms with Crippen molar-refractivity contribution in [2.24, 2.45) is 0 Å². The number of fused-ring (bicyclic) bond motifs is 1. The Hall–Kier alpha value is -2.76. The molecule has 0 unspecified atom stereocenters. The van der Waals surface area contributed by atoms with Crippen molar-refractivity contribution >= 4 is 5.65 Å². The highest BCUT2D eigenvalue weighted by Gasteiger charge is 2.11. The van der Waals surface area contributed by atoms with Gasteiger partial charge >= 0.3 is 0 Å². The molecule has 1 aromatic carbocycles. The average molecular weight is 299 g/mol. The van der Waals surface area contributed by atoms with Crippen LogP contribution in [0, 0.1) is 13.8 Å². The maximum Gasteiger partial charge on any atom is 0.275 e. The van der Waals surface area contributed by atoms with E-state index in [9.17, 15) is 4.79 Å². The molecule has 0 radical (unpaired) electrons. The van der Waals surface area contributed by atoms with E-state index in [1.165, 1.54) is 4.52 Å². The summed E-state index contributed by atoms with van der Waals surface area (Å²) in [4.78, 5) is 16.7. The van der Waals surface area contributed by atoms with Crippen molar-refractivity contribution in [1.29, 1.82) is 0 Å². The molecule has 0 saturated heterocycles. The van der Waals surface area contributed by atoms with E-state index in [0.717, 1.165) is 17.0 Å². The predicted octanol–water partition coefficient (Wildman–Crippen LogP) is 2.32. The van der Waals surface area contributed by atoms with E-state index in [1.807, 2.05) is 25.1 Å². The van der Waals surface area contributed by atoms with Gasteiger partial charge in [0, 0.05) is 29.0 Å². The minimum Gasteiger partial charge on any atom is -0.497 e. The molecule has 0 amide bonds. The lowest BCUT2D eigenvalue weighted by Gasteiger charge is -2.07. The standard InChI is InChI=1S/C16H17N3O3/c1-9-10(2)17-15-8-14(18-19(15)16(9)20)11-5-12(21-3)7-13(6-11)22-4/h5-8,18H,1-4H3. The molecule has 114 valence electrons. The number of aromatic amines is 1. The topological polar surface area (TPSA) is 68.6 Å². The van der Waals surface area contributed by atoms with Crippen molar-refractivity contribution in [1.82, 2.24) is 14.6 Å². The Morgan fingerprint density at radius 3 is 2.27 bits per heavy atom. The molecule has 6 heteroatoms. The fourth-order valence-corrected chi connectivity index (χ4v) is 2.33. The fourth-order valence-electron chi connectivity index (χ4n) is 2.33. The van der Waals surface area contributed by atoms with E-state index in [0.29, 0.717) is 22.7 Å². The van der Waals surface area contributed by atoms with Crippen LogP contribution in [0.5, 0.6) is 11.5 Å². The second kappa shape index (κ2) is 5.22. The number of benzene rings is 1. The van der Waals surface area contributed by atoms with Crippen LogP contribution >= 0.6 is 0 Å². The van der Waals surface area contributed by atoms with Gasteiger partial charge in [0.15, 0.2) is 5.65 Å². The van der Waals surface area contributed by atoms with Crippen LogP contribution in [0.3, 0.4) is 0 Å². The molecular weight excluding hydrogens is 282 g/mol. The number of ether oxygens (including phenoxy) is 2. The van der Waals surface area contributed by atoms with Crippen molar-refractivity contribution in [3.8, 4) is 22.8 Å². The van der Waals surface area contributed by atoms with Crippen LogP contribution < -0.4 is 15.0 Å². The molecule has 0 bridgehead atoms. The molecule has 2 heterocycles. The lowest BCUT2D eigenvalue weighted by molar-refractivity contribution is 0.394. The van der Waals surface area contributed by atoms with E-state index >= 15 is 0 Å². The van der Waals surface area contributed by atoms with Gasteiger partial charge in [0.25, 0.3) is 5.56 Å². The van der Waals surface area contributed by atoms with Gasteiger partial charge in [-0.2, -0.15) is 0 Å². The van der Waals surface area contributed by atoms with Crippen LogP contribution in [-0.2, 0) is 0 Å². The minimum atomic E-state index is -0.0939. The van der Waals surface area contributed by atoms with Crippen LogP contribution in [0.25, 0.3) is 16.9 Å². The summed E-state index contributed by atoms with van der Waals surface area (Å²) in [7, 11) is 3.20. The number of aromatic nitrogens is 3. The number of methoxy groups -OCH3 is 2. The zero-order valence-electron chi connectivity index (χ0n) is 12.9. The van der Waals surface area contributed by atoms with E-state index in [2.05, 4.69) is 10.1 Å². The van der Waals surface area contributed by atoms with Crippen LogP contribution in [-0.4, -0.2) is 28.8 Å². The van der Waals surface area contributed by atoms with Crippen LogP contribution in [0.2, 0.25) is 0 Å². The van der Waals surface area contributed by atoms with E-state index in [1.54, 1.807) is 27.2 Å². The number of nitrogens with zero attached hydrogens (tertiary/aromatic N) is 2. The van der Waals surface area contributed by atoms with Crippen molar-refractivity contribution in [3.63, 3.8) is 0 Å². The third-order valence-electron chi connectivity index (χ3n) is 3.75. The Kier molecular flexibility index (Phi) is 3.36. The molecular formula is C16H17N3O3. The van der Waals surface area contributed by atoms with Crippen molar-refractivity contribution < 1.29 is 9.47 Å². The first kappa shape index (κ1) is 14.2. The van der Waals surface area contributed by atoms with Crippen LogP contribution in [0.15, 0.2) is 29.1 Å². The molecule has 0 aliphatic heterocycles. The fraction of sp³-hybridized carbons (Fsp3) is 0.250. The molecule has 0 aliphatic rings. The van der Waals surface area contributed by atoms with Crippen LogP contribution in [0.4, 0.5) is 0 Å². The molecule has 0 aliphatic carbocycles. The van der Waals surface area contributed by atoms with Crippen molar-refractivity contribution in [2.45, 2.75) is 13.8 Å². The average Bonchev–Trinajstić information content (AvgIpc) is 2.96. The number of aryl methyl sites for hydroxylation is 1. The molecule has 6 nitrogen and oxygen atoms in total. The van der Waals surface area contributed by atoms with Gasteiger partial charge in [-0.15, -0.1) is 0 Å². The van der Waals surface area contributed by atoms with Gasteiger partial charge < -0.3 is 9.47 Å². The normalized spacial score (nSPS) is 10.9. The Morgan fingerprint density at radius 1 is 1.05 bits per heavy atom. The lowest BCUT2D eigenvalue weighted by Crippen LogP contribution is -2.19. The summed E-state index contributed by atoms with van der Waals surface area (Å²) in [6, 6.07) is 7.38. The summed E-state index contributed by atoms with van der Waals surface area (Å²) in [6.45, 7) is 3.60. The largest absolute Gasteiger partial charge is 0.497 e. The second-order valence-electron chi connectivity index (χ2n) is 5.09. The number of rotatable bonds is 3. The smallest absolute Gasteiger partial charge is 0.275 e. The van der Waals surface area contributed by atoms with Gasteiger partial charge in [-0.25, -0.2) is 9.50 Å². The first-order valence-electron chi connectivity index (χ1n) is 6.86. The molecule has 1 N–H and O–H groups in total. The van der Waals surface area contributed by atoms with Crippen LogP contribution in [0.1, 0.15) is 11.3 Å². The molecule has 0 saturated carbocycles. The number of hydrogen-bond acceptors (Lipinski definition) is 4. The molecule has 0 atom stereocenters. The Labute approximate surface area is 127 Å².